The number of carbonyl (C=O) groups is 1. The molecule has 0 saturated heterocycles. The molecule has 1 aromatic carbocycles. The van der Waals surface area contributed by atoms with E-state index in [1.165, 1.54) is 13.0 Å². The number of hydrogen-bond acceptors (Lipinski definition) is 3. The van der Waals surface area contributed by atoms with Crippen LogP contribution in [0.4, 0.5) is 5.69 Å². The molecule has 1 aromatic rings. The van der Waals surface area contributed by atoms with E-state index in [2.05, 4.69) is 15.9 Å². The fourth-order valence-corrected chi connectivity index (χ4v) is 1.95. The molecule has 5 heteroatoms. The van der Waals surface area contributed by atoms with Crippen LogP contribution in [0.3, 0.4) is 0 Å². The highest BCUT2D eigenvalue weighted by Gasteiger charge is 2.24. The van der Waals surface area contributed by atoms with Crippen molar-refractivity contribution in [2.45, 2.75) is 18.7 Å². The third kappa shape index (κ3) is 2.41. The van der Waals surface area contributed by atoms with E-state index >= 15 is 0 Å². The second-order valence-electron chi connectivity index (χ2n) is 3.24. The molecule has 1 atom stereocenters. The van der Waals surface area contributed by atoms with Crippen LogP contribution in [0.5, 0.6) is 0 Å². The zero-order valence-corrected chi connectivity index (χ0v) is 9.95. The van der Waals surface area contributed by atoms with Crippen LogP contribution in [0, 0.1) is 17.0 Å². The third-order valence-corrected chi connectivity index (χ3v) is 3.21. The SMILES string of the molecule is CC(=O)C(Br)c1c(C)cccc1[N+](=O)[O-]. The Hall–Kier alpha value is -1.23. The molecule has 0 bridgehead atoms. The first-order valence-corrected chi connectivity index (χ1v) is 5.25. The van der Waals surface area contributed by atoms with Gasteiger partial charge in [-0.15, -0.1) is 0 Å². The molecule has 0 N–H and O–H groups in total. The van der Waals surface area contributed by atoms with Crippen molar-refractivity contribution in [3.05, 3.63) is 39.4 Å². The summed E-state index contributed by atoms with van der Waals surface area (Å²) in [5, 5.41) is 10.8. The smallest absolute Gasteiger partial charge is 0.274 e. The molecule has 0 aliphatic heterocycles. The second-order valence-corrected chi connectivity index (χ2v) is 4.15. The molecule has 1 rings (SSSR count). The molecule has 80 valence electrons. The monoisotopic (exact) mass is 271 g/mol. The number of carbonyl (C=O) groups excluding carboxylic acids is 1. The summed E-state index contributed by atoms with van der Waals surface area (Å²) in [7, 11) is 0. The molecule has 0 amide bonds. The van der Waals surface area contributed by atoms with E-state index in [0.29, 0.717) is 5.56 Å². The zero-order valence-electron chi connectivity index (χ0n) is 8.36. The maximum Gasteiger partial charge on any atom is 0.274 e. The van der Waals surface area contributed by atoms with E-state index in [0.717, 1.165) is 5.56 Å². The van der Waals surface area contributed by atoms with Gasteiger partial charge in [0.2, 0.25) is 0 Å². The minimum Gasteiger partial charge on any atom is -0.298 e. The molecule has 0 heterocycles. The van der Waals surface area contributed by atoms with Crippen molar-refractivity contribution in [1.82, 2.24) is 0 Å². The van der Waals surface area contributed by atoms with E-state index in [1.807, 2.05) is 0 Å². The first-order valence-electron chi connectivity index (χ1n) is 4.33. The van der Waals surface area contributed by atoms with Gasteiger partial charge in [-0.2, -0.15) is 0 Å². The van der Waals surface area contributed by atoms with Crippen molar-refractivity contribution < 1.29 is 9.72 Å². The number of rotatable bonds is 3. The number of benzene rings is 1. The highest BCUT2D eigenvalue weighted by atomic mass is 79.9. The maximum atomic E-state index is 11.2. The number of hydrogen-bond donors (Lipinski definition) is 0. The molecular weight excluding hydrogens is 262 g/mol. The average Bonchev–Trinajstić information content (AvgIpc) is 2.16. The van der Waals surface area contributed by atoms with Gasteiger partial charge < -0.3 is 0 Å². The Labute approximate surface area is 95.6 Å². The highest BCUT2D eigenvalue weighted by Crippen LogP contribution is 2.34. The first-order chi connectivity index (χ1) is 6.95. The second kappa shape index (κ2) is 4.53. The summed E-state index contributed by atoms with van der Waals surface area (Å²) < 4.78 is 0. The summed E-state index contributed by atoms with van der Waals surface area (Å²) in [6.07, 6.45) is 0. The van der Waals surface area contributed by atoms with E-state index < -0.39 is 9.75 Å². The van der Waals surface area contributed by atoms with E-state index in [-0.39, 0.29) is 11.5 Å². The van der Waals surface area contributed by atoms with Gasteiger partial charge >= 0.3 is 0 Å². The van der Waals surface area contributed by atoms with Crippen LogP contribution in [-0.2, 0) is 4.79 Å². The lowest BCUT2D eigenvalue weighted by atomic mass is 10.0. The average molecular weight is 272 g/mol. The summed E-state index contributed by atoms with van der Waals surface area (Å²) in [5.74, 6) is -0.146. The van der Waals surface area contributed by atoms with Crippen LogP contribution in [-0.4, -0.2) is 10.7 Å². The van der Waals surface area contributed by atoms with Crippen LogP contribution in [0.25, 0.3) is 0 Å². The van der Waals surface area contributed by atoms with Gasteiger partial charge in [-0.3, -0.25) is 14.9 Å². The van der Waals surface area contributed by atoms with Gasteiger partial charge in [0.25, 0.3) is 5.69 Å². The molecule has 15 heavy (non-hydrogen) atoms. The standard InChI is InChI=1S/C10H10BrNO3/c1-6-4-3-5-8(12(14)15)9(6)10(11)7(2)13/h3-5,10H,1-2H3. The molecule has 0 spiro atoms. The Morgan fingerprint density at radius 1 is 1.53 bits per heavy atom. The summed E-state index contributed by atoms with van der Waals surface area (Å²) >= 11 is 3.17. The normalized spacial score (nSPS) is 12.2. The van der Waals surface area contributed by atoms with Crippen molar-refractivity contribution in [2.24, 2.45) is 0 Å². The molecule has 0 aromatic heterocycles. The lowest BCUT2D eigenvalue weighted by Gasteiger charge is -2.09. The molecule has 0 radical (unpaired) electrons. The number of ketones is 1. The molecule has 0 fully saturated rings. The predicted molar refractivity (Wildman–Crippen MR) is 60.2 cm³/mol. The van der Waals surface area contributed by atoms with Crippen LogP contribution in [0.1, 0.15) is 22.9 Å². The van der Waals surface area contributed by atoms with Gasteiger partial charge in [-0.25, -0.2) is 0 Å². The first kappa shape index (κ1) is 11.8. The van der Waals surface area contributed by atoms with Crippen molar-refractivity contribution in [1.29, 1.82) is 0 Å². The van der Waals surface area contributed by atoms with Crippen LogP contribution < -0.4 is 0 Å². The highest BCUT2D eigenvalue weighted by molar-refractivity contribution is 9.09. The van der Waals surface area contributed by atoms with Gasteiger partial charge in [0, 0.05) is 6.07 Å². The van der Waals surface area contributed by atoms with Crippen molar-refractivity contribution in [3.8, 4) is 0 Å². The van der Waals surface area contributed by atoms with Gasteiger partial charge in [-0.05, 0) is 19.4 Å². The fraction of sp³-hybridized carbons (Fsp3) is 0.300. The van der Waals surface area contributed by atoms with Crippen LogP contribution >= 0.6 is 15.9 Å². The molecule has 0 saturated carbocycles. The lowest BCUT2D eigenvalue weighted by Crippen LogP contribution is -2.06. The van der Waals surface area contributed by atoms with Gasteiger partial charge in [0.1, 0.15) is 10.6 Å². The summed E-state index contributed by atoms with van der Waals surface area (Å²) in [6, 6.07) is 4.76. The largest absolute Gasteiger partial charge is 0.298 e. The maximum absolute atomic E-state index is 11.2. The summed E-state index contributed by atoms with van der Waals surface area (Å²) in [6.45, 7) is 3.15. The summed E-state index contributed by atoms with van der Waals surface area (Å²) in [4.78, 5) is 20.9. The molecule has 0 aliphatic rings. The number of Topliss-reactive ketones (excluding diaryl/α,β-unsaturated/α-hetero) is 1. The van der Waals surface area contributed by atoms with E-state index in [9.17, 15) is 14.9 Å². The van der Waals surface area contributed by atoms with Crippen molar-refractivity contribution in [3.63, 3.8) is 0 Å². The third-order valence-electron chi connectivity index (χ3n) is 2.11. The number of aryl methyl sites for hydroxylation is 1. The minimum atomic E-state index is -0.612. The van der Waals surface area contributed by atoms with Gasteiger partial charge in [-0.1, -0.05) is 28.1 Å². The minimum absolute atomic E-state index is 0.0212. The van der Waals surface area contributed by atoms with Crippen molar-refractivity contribution in [2.75, 3.05) is 0 Å². The lowest BCUT2D eigenvalue weighted by molar-refractivity contribution is -0.385. The summed E-state index contributed by atoms with van der Waals surface area (Å²) in [5.41, 5.74) is 1.16. The van der Waals surface area contributed by atoms with Crippen molar-refractivity contribution >= 4 is 27.4 Å². The Morgan fingerprint density at radius 2 is 2.13 bits per heavy atom. The van der Waals surface area contributed by atoms with Crippen LogP contribution in [0.15, 0.2) is 18.2 Å². The number of nitro groups is 1. The Kier molecular flexibility index (Phi) is 3.57. The quantitative estimate of drug-likeness (QED) is 0.483. The Bertz CT molecular complexity index is 417. The number of nitrogens with zero attached hydrogens (tertiary/aromatic N) is 1. The number of halogens is 1. The van der Waals surface area contributed by atoms with Gasteiger partial charge in [0.05, 0.1) is 10.5 Å². The number of alkyl halides is 1. The molecule has 0 aliphatic carbocycles. The zero-order chi connectivity index (χ0) is 11.6. The fourth-order valence-electron chi connectivity index (χ4n) is 1.36. The Morgan fingerprint density at radius 3 is 2.60 bits per heavy atom. The topological polar surface area (TPSA) is 60.2 Å². The number of nitro benzene ring substituents is 1. The molecular formula is C10H10BrNO3. The predicted octanol–water partition coefficient (Wildman–Crippen LogP) is 2.93. The van der Waals surface area contributed by atoms with E-state index in [1.54, 1.807) is 19.1 Å². The molecule has 4 nitrogen and oxygen atoms in total. The van der Waals surface area contributed by atoms with E-state index in [4.69, 9.17) is 0 Å². The van der Waals surface area contributed by atoms with Crippen LogP contribution in [0.2, 0.25) is 0 Å². The Balaban J connectivity index is 3.37. The van der Waals surface area contributed by atoms with Gasteiger partial charge in [0.15, 0.2) is 0 Å². The molecule has 1 unspecified atom stereocenters.